The van der Waals surface area contributed by atoms with Crippen molar-refractivity contribution >= 4 is 40.2 Å². The van der Waals surface area contributed by atoms with Gasteiger partial charge in [0.1, 0.15) is 5.78 Å². The molecule has 0 saturated heterocycles. The molecule has 1 aromatic rings. The lowest BCUT2D eigenvalue weighted by molar-refractivity contribution is -0.115. The van der Waals surface area contributed by atoms with Gasteiger partial charge in [0.15, 0.2) is 7.31 Å². The van der Waals surface area contributed by atoms with Crippen LogP contribution in [0.1, 0.15) is 6.92 Å². The average Bonchev–Trinajstić information content (AvgIpc) is 2.17. The van der Waals surface area contributed by atoms with Crippen LogP contribution in [0, 0.1) is 0 Å². The molecule has 15 heavy (non-hydrogen) atoms. The van der Waals surface area contributed by atoms with E-state index in [1.807, 2.05) is 24.3 Å². The summed E-state index contributed by atoms with van der Waals surface area (Å²) in [5, 5.41) is 2.84. The summed E-state index contributed by atoms with van der Waals surface area (Å²) in [6.45, 7) is 1.69. The van der Waals surface area contributed by atoms with E-state index in [0.717, 1.165) is 11.4 Å². The van der Waals surface area contributed by atoms with Crippen molar-refractivity contribution in [2.75, 3.05) is 16.6 Å². The molecule has 0 amide bonds. The second-order valence-electron chi connectivity index (χ2n) is 3.19. The van der Waals surface area contributed by atoms with Gasteiger partial charge in [-0.2, -0.15) is 0 Å². The molecular formula is C9H10B3N2O. The number of benzene rings is 1. The van der Waals surface area contributed by atoms with E-state index in [0.29, 0.717) is 0 Å². The molecule has 0 aliphatic rings. The van der Waals surface area contributed by atoms with Crippen molar-refractivity contribution in [1.29, 1.82) is 0 Å². The molecule has 1 N–H and O–H groups in total. The Morgan fingerprint density at radius 3 is 2.93 bits per heavy atom. The molecule has 0 bridgehead atoms. The Morgan fingerprint density at radius 1 is 1.60 bits per heavy atom. The van der Waals surface area contributed by atoms with Crippen LogP contribution in [-0.2, 0) is 4.79 Å². The third-order valence-electron chi connectivity index (χ3n) is 1.82. The third-order valence-corrected chi connectivity index (χ3v) is 1.82. The molecule has 3 nitrogen and oxygen atoms in total. The Labute approximate surface area is 93.3 Å². The average molecular weight is 195 g/mol. The van der Waals surface area contributed by atoms with Gasteiger partial charge in [-0.3, -0.25) is 4.79 Å². The highest BCUT2D eigenvalue weighted by molar-refractivity contribution is 6.91. The first-order valence-electron chi connectivity index (χ1n) is 4.55. The van der Waals surface area contributed by atoms with E-state index in [1.54, 1.807) is 0 Å². The maximum absolute atomic E-state index is 10.9. The first-order valence-corrected chi connectivity index (χ1v) is 4.55. The van der Waals surface area contributed by atoms with Crippen LogP contribution in [0.2, 0.25) is 0 Å². The summed E-state index contributed by atoms with van der Waals surface area (Å²) in [6.07, 6.45) is 0. The molecule has 1 aromatic carbocycles. The normalized spacial score (nSPS) is 9.40. The van der Waals surface area contributed by atoms with E-state index in [1.165, 1.54) is 19.0 Å². The first kappa shape index (κ1) is 11.8. The summed E-state index contributed by atoms with van der Waals surface area (Å²) in [4.78, 5) is 12.3. The minimum atomic E-state index is 0.0150. The maximum Gasteiger partial charge on any atom is 0.227 e. The van der Waals surface area contributed by atoms with Crippen LogP contribution in [0.15, 0.2) is 24.3 Å². The molecule has 0 atom stereocenters. The molecule has 0 saturated carbocycles. The number of carbonyl (C=O) groups is 1. The van der Waals surface area contributed by atoms with Crippen LogP contribution in [0.3, 0.4) is 0 Å². The van der Waals surface area contributed by atoms with E-state index in [9.17, 15) is 4.79 Å². The first-order chi connectivity index (χ1) is 7.13. The largest absolute Gasteiger partial charge is 0.441 e. The number of rotatable bonds is 5. The summed E-state index contributed by atoms with van der Waals surface area (Å²) in [6, 6.07) is 7.33. The number of hydrogen-bond donors (Lipinski definition) is 1. The van der Waals surface area contributed by atoms with Gasteiger partial charge in [-0.05, 0) is 25.1 Å². The molecule has 0 aromatic heterocycles. The van der Waals surface area contributed by atoms with Crippen LogP contribution in [0.25, 0.3) is 0 Å². The fourth-order valence-corrected chi connectivity index (χ4v) is 1.20. The van der Waals surface area contributed by atoms with Gasteiger partial charge in [0.25, 0.3) is 0 Å². The van der Waals surface area contributed by atoms with Crippen LogP contribution in [0.5, 0.6) is 0 Å². The van der Waals surface area contributed by atoms with E-state index in [-0.39, 0.29) is 12.3 Å². The summed E-state index contributed by atoms with van der Waals surface area (Å²) < 4.78 is 0. The molecule has 71 valence electrons. The molecule has 6 heteroatoms. The summed E-state index contributed by atoms with van der Waals surface area (Å²) in [5.41, 5.74) is 1.59. The quantitative estimate of drug-likeness (QED) is 0.684. The van der Waals surface area contributed by atoms with Crippen LogP contribution in [0.4, 0.5) is 11.4 Å². The van der Waals surface area contributed by atoms with E-state index in [2.05, 4.69) is 5.23 Å². The molecule has 0 heterocycles. The fraction of sp³-hybridized carbons (Fsp3) is 0.222. The Balaban J connectivity index is 2.75. The van der Waals surface area contributed by atoms with E-state index in [4.69, 9.17) is 15.7 Å². The van der Waals surface area contributed by atoms with Crippen molar-refractivity contribution in [3.63, 3.8) is 0 Å². The Hall–Kier alpha value is -1.32. The van der Waals surface area contributed by atoms with E-state index < -0.39 is 0 Å². The molecule has 0 aliphatic heterocycles. The monoisotopic (exact) mass is 195 g/mol. The lowest BCUT2D eigenvalue weighted by Gasteiger charge is -2.19. The summed E-state index contributed by atoms with van der Waals surface area (Å²) in [7, 11) is 12.3. The third kappa shape index (κ3) is 3.74. The highest BCUT2D eigenvalue weighted by Crippen LogP contribution is 2.17. The van der Waals surface area contributed by atoms with Crippen molar-refractivity contribution in [2.45, 2.75) is 6.92 Å². The van der Waals surface area contributed by atoms with Crippen LogP contribution >= 0.6 is 0 Å². The van der Waals surface area contributed by atoms with Crippen molar-refractivity contribution < 1.29 is 4.79 Å². The second kappa shape index (κ2) is 5.54. The molecule has 0 spiro atoms. The maximum atomic E-state index is 10.9. The zero-order chi connectivity index (χ0) is 11.3. The van der Waals surface area contributed by atoms with Gasteiger partial charge in [-0.1, -0.05) is 6.07 Å². The smallest absolute Gasteiger partial charge is 0.227 e. The Kier molecular flexibility index (Phi) is 4.34. The topological polar surface area (TPSA) is 32.3 Å². The zero-order valence-electron chi connectivity index (χ0n) is 8.60. The SMILES string of the molecule is [B][B]Nc1cccc(N([B])CC(C)=O)c1. The number of carbonyl (C=O) groups excluding carboxylic acids is 1. The Morgan fingerprint density at radius 2 is 2.33 bits per heavy atom. The number of ketones is 1. The van der Waals surface area contributed by atoms with Crippen molar-refractivity contribution in [3.8, 4) is 0 Å². The van der Waals surface area contributed by atoms with Gasteiger partial charge in [0.2, 0.25) is 7.98 Å². The molecule has 5 radical (unpaired) electrons. The van der Waals surface area contributed by atoms with Crippen molar-refractivity contribution in [3.05, 3.63) is 24.3 Å². The molecular weight excluding hydrogens is 185 g/mol. The molecule has 1 rings (SSSR count). The van der Waals surface area contributed by atoms with Gasteiger partial charge in [0.05, 0.1) is 6.54 Å². The summed E-state index contributed by atoms with van der Waals surface area (Å²) in [5.74, 6) is 0.0150. The molecule has 0 unspecified atom stereocenters. The van der Waals surface area contributed by atoms with Crippen LogP contribution in [-0.4, -0.2) is 35.4 Å². The van der Waals surface area contributed by atoms with Crippen LogP contribution < -0.4 is 10.0 Å². The second-order valence-corrected chi connectivity index (χ2v) is 3.19. The number of anilines is 2. The number of nitrogens with one attached hydrogen (secondary N) is 1. The molecule has 0 fully saturated rings. The van der Waals surface area contributed by atoms with Gasteiger partial charge < -0.3 is 10.0 Å². The minimum Gasteiger partial charge on any atom is -0.441 e. The predicted octanol–water partition coefficient (Wildman–Crippen LogP) is 0.280. The number of hydrogen-bond acceptors (Lipinski definition) is 3. The molecule has 0 aliphatic carbocycles. The van der Waals surface area contributed by atoms with Crippen molar-refractivity contribution in [1.82, 2.24) is 0 Å². The lowest BCUT2D eigenvalue weighted by Crippen LogP contribution is -2.25. The predicted molar refractivity (Wildman–Crippen MR) is 65.4 cm³/mol. The van der Waals surface area contributed by atoms with Gasteiger partial charge in [0, 0.05) is 19.1 Å². The highest BCUT2D eigenvalue weighted by Gasteiger charge is 2.03. The van der Waals surface area contributed by atoms with Gasteiger partial charge in [-0.25, -0.2) is 0 Å². The number of nitrogens with zero attached hydrogens (tertiary/aromatic N) is 1. The minimum absolute atomic E-state index is 0.0150. The Bertz CT molecular complexity index is 346. The van der Waals surface area contributed by atoms with Crippen molar-refractivity contribution in [2.24, 2.45) is 0 Å². The zero-order valence-corrected chi connectivity index (χ0v) is 8.60. The standard InChI is InChI=1S/C9H10B3N2O/c1-7(15)6-14(11)9-4-2-3-8(5-9)13-12-10/h2-5,13H,6H2,1H3. The lowest BCUT2D eigenvalue weighted by atomic mass is 9.67. The van der Waals surface area contributed by atoms with Gasteiger partial charge >= 0.3 is 0 Å². The highest BCUT2D eigenvalue weighted by atomic mass is 16.1. The summed E-state index contributed by atoms with van der Waals surface area (Å²) >= 11 is 0. The number of Topliss-reactive ketones (excluding diaryl/α,β-unsaturated/α-hetero) is 1. The van der Waals surface area contributed by atoms with E-state index >= 15 is 0 Å². The fourth-order valence-electron chi connectivity index (χ4n) is 1.20. The van der Waals surface area contributed by atoms with Gasteiger partial charge in [-0.15, -0.1) is 0 Å².